The molecule has 1 aromatic carbocycles. The van der Waals surface area contributed by atoms with E-state index in [0.717, 1.165) is 5.75 Å². The average Bonchev–Trinajstić information content (AvgIpc) is 2.22. The van der Waals surface area contributed by atoms with Crippen molar-refractivity contribution in [2.45, 2.75) is 46.1 Å². The lowest BCUT2D eigenvalue weighted by Crippen LogP contribution is -2.25. The highest BCUT2D eigenvalue weighted by atomic mass is 16.5. The van der Waals surface area contributed by atoms with Crippen molar-refractivity contribution in [2.75, 3.05) is 12.4 Å². The van der Waals surface area contributed by atoms with Crippen LogP contribution < -0.4 is 10.1 Å². The summed E-state index contributed by atoms with van der Waals surface area (Å²) in [5.41, 5.74) is 5.34. The Morgan fingerprint density at radius 3 is 2.62 bits per heavy atom. The van der Waals surface area contributed by atoms with E-state index in [4.69, 9.17) is 4.74 Å². The lowest BCUT2D eigenvalue weighted by atomic mass is 9.84. The van der Waals surface area contributed by atoms with Gasteiger partial charge in [-0.2, -0.15) is 0 Å². The van der Waals surface area contributed by atoms with Crippen LogP contribution in [0.5, 0.6) is 5.75 Å². The van der Waals surface area contributed by atoms with Crippen LogP contribution in [0.15, 0.2) is 6.07 Å². The smallest absolute Gasteiger partial charge is 0.124 e. The molecule has 2 rings (SSSR count). The number of fused-ring (bicyclic) bond motifs is 1. The number of anilines is 1. The van der Waals surface area contributed by atoms with E-state index in [0.29, 0.717) is 12.0 Å². The number of benzene rings is 1. The Balaban J connectivity index is 2.61. The van der Waals surface area contributed by atoms with Crippen LogP contribution in [0.4, 0.5) is 5.69 Å². The number of methoxy groups -OCH3 is 1. The van der Waals surface area contributed by atoms with Gasteiger partial charge in [0.2, 0.25) is 0 Å². The Labute approximate surface area is 98.0 Å². The maximum atomic E-state index is 5.42. The second-order valence-corrected chi connectivity index (χ2v) is 4.99. The molecule has 2 atom stereocenters. The molecule has 0 saturated heterocycles. The fraction of sp³-hybridized carbons (Fsp3) is 0.571. The molecule has 2 unspecified atom stereocenters. The predicted octanol–water partition coefficient (Wildman–Crippen LogP) is 3.62. The summed E-state index contributed by atoms with van der Waals surface area (Å²) < 4.78 is 5.42. The first kappa shape index (κ1) is 11.3. The van der Waals surface area contributed by atoms with Crippen molar-refractivity contribution in [2.24, 2.45) is 0 Å². The molecule has 0 radical (unpaired) electrons. The van der Waals surface area contributed by atoms with Gasteiger partial charge in [-0.1, -0.05) is 6.92 Å². The number of hydrogen-bond acceptors (Lipinski definition) is 2. The van der Waals surface area contributed by atoms with E-state index < -0.39 is 0 Å². The molecule has 0 aliphatic carbocycles. The van der Waals surface area contributed by atoms with Crippen LogP contribution in [0.3, 0.4) is 0 Å². The molecular weight excluding hydrogens is 198 g/mol. The van der Waals surface area contributed by atoms with Gasteiger partial charge >= 0.3 is 0 Å². The van der Waals surface area contributed by atoms with Gasteiger partial charge in [0.05, 0.1) is 7.11 Å². The van der Waals surface area contributed by atoms with E-state index in [1.54, 1.807) is 7.11 Å². The van der Waals surface area contributed by atoms with E-state index >= 15 is 0 Å². The quantitative estimate of drug-likeness (QED) is 0.779. The van der Waals surface area contributed by atoms with Crippen molar-refractivity contribution >= 4 is 5.69 Å². The van der Waals surface area contributed by atoms with Crippen LogP contribution in [0.25, 0.3) is 0 Å². The maximum absolute atomic E-state index is 5.42. The van der Waals surface area contributed by atoms with Gasteiger partial charge in [-0.3, -0.25) is 0 Å². The number of nitrogens with one attached hydrogen (secondary N) is 1. The zero-order valence-corrected chi connectivity index (χ0v) is 10.8. The molecule has 1 aliphatic heterocycles. The van der Waals surface area contributed by atoms with Crippen LogP contribution >= 0.6 is 0 Å². The van der Waals surface area contributed by atoms with Crippen molar-refractivity contribution in [3.63, 3.8) is 0 Å². The third kappa shape index (κ3) is 1.66. The number of rotatable bonds is 1. The summed E-state index contributed by atoms with van der Waals surface area (Å²) in [6.45, 7) is 8.87. The first-order valence-corrected chi connectivity index (χ1v) is 5.99. The predicted molar refractivity (Wildman–Crippen MR) is 68.6 cm³/mol. The molecular formula is C14H21NO. The summed E-state index contributed by atoms with van der Waals surface area (Å²) in [5, 5.41) is 3.59. The van der Waals surface area contributed by atoms with Crippen molar-refractivity contribution in [3.05, 3.63) is 22.8 Å². The molecule has 0 bridgehead atoms. The zero-order valence-electron chi connectivity index (χ0n) is 10.8. The van der Waals surface area contributed by atoms with Gasteiger partial charge < -0.3 is 10.1 Å². The first-order valence-electron chi connectivity index (χ1n) is 5.99. The number of aryl methyl sites for hydroxylation is 1. The minimum atomic E-state index is 0.549. The summed E-state index contributed by atoms with van der Waals surface area (Å²) in [5.74, 6) is 1.63. The molecule has 0 aromatic heterocycles. The van der Waals surface area contributed by atoms with Gasteiger partial charge in [0.15, 0.2) is 0 Å². The third-order valence-electron chi connectivity index (χ3n) is 3.60. The molecule has 1 N–H and O–H groups in total. The minimum Gasteiger partial charge on any atom is -0.496 e. The van der Waals surface area contributed by atoms with Gasteiger partial charge in [-0.15, -0.1) is 0 Å². The summed E-state index contributed by atoms with van der Waals surface area (Å²) in [7, 11) is 1.74. The number of hydrogen-bond donors (Lipinski definition) is 1. The molecule has 0 spiro atoms. The Hall–Kier alpha value is -1.18. The maximum Gasteiger partial charge on any atom is 0.124 e. The van der Waals surface area contributed by atoms with Crippen LogP contribution in [-0.4, -0.2) is 13.2 Å². The van der Waals surface area contributed by atoms with Crippen molar-refractivity contribution in [1.29, 1.82) is 0 Å². The topological polar surface area (TPSA) is 21.3 Å². The van der Waals surface area contributed by atoms with Gasteiger partial charge in [0.1, 0.15) is 5.75 Å². The molecule has 2 heteroatoms. The Kier molecular flexibility index (Phi) is 2.83. The van der Waals surface area contributed by atoms with E-state index in [1.165, 1.54) is 28.8 Å². The largest absolute Gasteiger partial charge is 0.496 e. The average molecular weight is 219 g/mol. The van der Waals surface area contributed by atoms with Crippen molar-refractivity contribution < 1.29 is 4.74 Å². The Bertz CT molecular complexity index is 412. The van der Waals surface area contributed by atoms with E-state index in [9.17, 15) is 0 Å². The van der Waals surface area contributed by atoms with E-state index in [-0.39, 0.29) is 0 Å². The van der Waals surface area contributed by atoms with Gasteiger partial charge in [0, 0.05) is 17.3 Å². The highest BCUT2D eigenvalue weighted by molar-refractivity contribution is 5.67. The van der Waals surface area contributed by atoms with Crippen molar-refractivity contribution in [3.8, 4) is 5.75 Å². The van der Waals surface area contributed by atoms with Gasteiger partial charge in [0.25, 0.3) is 0 Å². The van der Waals surface area contributed by atoms with Crippen LogP contribution in [-0.2, 0) is 0 Å². The highest BCUT2D eigenvalue weighted by Gasteiger charge is 2.25. The number of ether oxygens (including phenoxy) is 1. The molecule has 0 fully saturated rings. The van der Waals surface area contributed by atoms with Gasteiger partial charge in [-0.25, -0.2) is 0 Å². The SMILES string of the molecule is COc1cc(C)c2c(c1C)NC(C)CC2C. The van der Waals surface area contributed by atoms with Crippen LogP contribution in [0, 0.1) is 13.8 Å². The monoisotopic (exact) mass is 219 g/mol. The van der Waals surface area contributed by atoms with Crippen molar-refractivity contribution in [1.82, 2.24) is 0 Å². The molecule has 2 nitrogen and oxygen atoms in total. The summed E-state index contributed by atoms with van der Waals surface area (Å²) in [4.78, 5) is 0. The third-order valence-corrected chi connectivity index (χ3v) is 3.60. The fourth-order valence-corrected chi connectivity index (χ4v) is 2.89. The molecule has 1 heterocycles. The standard InChI is InChI=1S/C14H21NO/c1-8-6-10(3)15-14-11(4)12(16-5)7-9(2)13(8)14/h7-8,10,15H,6H2,1-5H3. The normalized spacial score (nSPS) is 23.6. The lowest BCUT2D eigenvalue weighted by Gasteiger charge is -2.32. The molecule has 1 aromatic rings. The van der Waals surface area contributed by atoms with E-state index in [2.05, 4.69) is 39.1 Å². The lowest BCUT2D eigenvalue weighted by molar-refractivity contribution is 0.410. The Morgan fingerprint density at radius 1 is 1.31 bits per heavy atom. The van der Waals surface area contributed by atoms with Crippen LogP contribution in [0.2, 0.25) is 0 Å². The Morgan fingerprint density at radius 2 is 2.00 bits per heavy atom. The second-order valence-electron chi connectivity index (χ2n) is 4.99. The van der Waals surface area contributed by atoms with E-state index in [1.807, 2.05) is 0 Å². The summed E-state index contributed by atoms with van der Waals surface area (Å²) in [6.07, 6.45) is 1.21. The first-order chi connectivity index (χ1) is 7.54. The molecule has 1 aliphatic rings. The highest BCUT2D eigenvalue weighted by Crippen LogP contribution is 2.41. The summed E-state index contributed by atoms with van der Waals surface area (Å²) >= 11 is 0. The fourth-order valence-electron chi connectivity index (χ4n) is 2.89. The minimum absolute atomic E-state index is 0.549. The molecule has 88 valence electrons. The molecule has 16 heavy (non-hydrogen) atoms. The molecule has 0 saturated carbocycles. The summed E-state index contributed by atoms with van der Waals surface area (Å²) in [6, 6.07) is 2.70. The zero-order chi connectivity index (χ0) is 11.9. The molecule has 0 amide bonds. The van der Waals surface area contributed by atoms with Gasteiger partial charge in [-0.05, 0) is 50.3 Å². The van der Waals surface area contributed by atoms with Crippen LogP contribution in [0.1, 0.15) is 42.9 Å². The second kappa shape index (κ2) is 4.00.